The fraction of sp³-hybridized carbons (Fsp3) is 0.417. The largest absolute Gasteiger partial charge is 0.337 e. The number of hydrogen-bond acceptors (Lipinski definition) is 2. The first kappa shape index (κ1) is 8.92. The van der Waals surface area contributed by atoms with E-state index in [-0.39, 0.29) is 5.91 Å². The molecule has 1 amide bonds. The number of likely N-dealkylation sites (N-methyl/N-ethyl adjacent to an activating group) is 1. The lowest BCUT2D eigenvalue weighted by Gasteiger charge is -2.35. The topological polar surface area (TPSA) is 32.3 Å². The summed E-state index contributed by atoms with van der Waals surface area (Å²) in [5, 5.41) is 3.36. The van der Waals surface area contributed by atoms with Crippen molar-refractivity contribution in [3.05, 3.63) is 35.4 Å². The molecule has 1 N–H and O–H groups in total. The van der Waals surface area contributed by atoms with E-state index in [0.29, 0.717) is 12.0 Å². The Bertz CT molecular complexity index is 416. The number of carbonyl (C=O) groups is 1. The highest BCUT2D eigenvalue weighted by Gasteiger charge is 2.40. The zero-order valence-electron chi connectivity index (χ0n) is 8.73. The quantitative estimate of drug-likeness (QED) is 0.675. The number of carbonyl (C=O) groups excluding carboxylic acids is 1. The van der Waals surface area contributed by atoms with Crippen LogP contribution in [0.5, 0.6) is 0 Å². The van der Waals surface area contributed by atoms with Gasteiger partial charge in [0, 0.05) is 31.6 Å². The molecule has 0 spiro atoms. The number of rotatable bonds is 0. The lowest BCUT2D eigenvalue weighted by molar-refractivity contribution is 0.0706. The van der Waals surface area contributed by atoms with Crippen LogP contribution in [0, 0.1) is 0 Å². The van der Waals surface area contributed by atoms with Crippen molar-refractivity contribution in [2.75, 3.05) is 20.1 Å². The first-order valence-corrected chi connectivity index (χ1v) is 5.36. The van der Waals surface area contributed by atoms with E-state index >= 15 is 0 Å². The summed E-state index contributed by atoms with van der Waals surface area (Å²) in [5.41, 5.74) is 2.10. The van der Waals surface area contributed by atoms with Gasteiger partial charge in [-0.05, 0) is 11.6 Å². The third-order valence-electron chi connectivity index (χ3n) is 3.59. The van der Waals surface area contributed by atoms with E-state index in [9.17, 15) is 4.79 Å². The lowest BCUT2D eigenvalue weighted by Crippen LogP contribution is -2.45. The van der Waals surface area contributed by atoms with E-state index in [4.69, 9.17) is 0 Å². The molecule has 2 atom stereocenters. The van der Waals surface area contributed by atoms with Crippen molar-refractivity contribution in [2.45, 2.75) is 12.0 Å². The highest BCUT2D eigenvalue weighted by Crippen LogP contribution is 2.34. The summed E-state index contributed by atoms with van der Waals surface area (Å²) in [4.78, 5) is 13.9. The van der Waals surface area contributed by atoms with Crippen LogP contribution < -0.4 is 5.32 Å². The van der Waals surface area contributed by atoms with Crippen LogP contribution in [0.1, 0.15) is 21.8 Å². The standard InChI is InChI=1S/C12H14N2O/c1-14-11-7-13-6-10(11)8-4-2-3-5-9(8)12(14)15/h2-5,10-11,13H,6-7H2,1H3/t10-,11+/m1/s1. The van der Waals surface area contributed by atoms with Gasteiger partial charge in [-0.3, -0.25) is 4.79 Å². The molecule has 2 aliphatic rings. The fourth-order valence-electron chi connectivity index (χ4n) is 2.74. The van der Waals surface area contributed by atoms with Crippen LogP contribution in [0.3, 0.4) is 0 Å². The molecule has 1 fully saturated rings. The highest BCUT2D eigenvalue weighted by atomic mass is 16.2. The molecule has 78 valence electrons. The summed E-state index contributed by atoms with van der Waals surface area (Å²) < 4.78 is 0. The molecule has 0 bridgehead atoms. The maximum absolute atomic E-state index is 12.1. The summed E-state index contributed by atoms with van der Waals surface area (Å²) >= 11 is 0. The minimum atomic E-state index is 0.163. The molecular formula is C12H14N2O. The average molecular weight is 202 g/mol. The molecule has 2 heterocycles. The number of amides is 1. The molecular weight excluding hydrogens is 188 g/mol. The molecule has 3 nitrogen and oxygen atoms in total. The molecule has 2 aliphatic heterocycles. The molecule has 0 radical (unpaired) electrons. The monoisotopic (exact) mass is 202 g/mol. The second-order valence-electron chi connectivity index (χ2n) is 4.34. The van der Waals surface area contributed by atoms with Crippen LogP contribution in [0.2, 0.25) is 0 Å². The van der Waals surface area contributed by atoms with Crippen LogP contribution in [0.25, 0.3) is 0 Å². The first-order valence-electron chi connectivity index (χ1n) is 5.36. The highest BCUT2D eigenvalue weighted by molar-refractivity contribution is 5.97. The van der Waals surface area contributed by atoms with Gasteiger partial charge in [0.2, 0.25) is 0 Å². The Morgan fingerprint density at radius 1 is 1.33 bits per heavy atom. The summed E-state index contributed by atoms with van der Waals surface area (Å²) in [5.74, 6) is 0.638. The Morgan fingerprint density at radius 2 is 2.13 bits per heavy atom. The van der Waals surface area contributed by atoms with Crippen LogP contribution >= 0.6 is 0 Å². The second-order valence-corrected chi connectivity index (χ2v) is 4.34. The number of hydrogen-bond donors (Lipinski definition) is 1. The van der Waals surface area contributed by atoms with Gasteiger partial charge >= 0.3 is 0 Å². The van der Waals surface area contributed by atoms with Crippen molar-refractivity contribution in [1.29, 1.82) is 0 Å². The second kappa shape index (κ2) is 3.07. The van der Waals surface area contributed by atoms with Crippen LogP contribution in [0.15, 0.2) is 24.3 Å². The molecule has 0 aromatic heterocycles. The third kappa shape index (κ3) is 1.13. The van der Waals surface area contributed by atoms with E-state index in [2.05, 4.69) is 11.4 Å². The molecule has 3 rings (SSSR count). The van der Waals surface area contributed by atoms with Crippen LogP contribution in [-0.2, 0) is 0 Å². The van der Waals surface area contributed by atoms with Gasteiger partial charge in [0.15, 0.2) is 0 Å². The van der Waals surface area contributed by atoms with Crippen LogP contribution in [0.4, 0.5) is 0 Å². The third-order valence-corrected chi connectivity index (χ3v) is 3.59. The summed E-state index contributed by atoms with van der Waals surface area (Å²) in [6, 6.07) is 8.32. The summed E-state index contributed by atoms with van der Waals surface area (Å²) in [6.45, 7) is 1.90. The number of nitrogens with one attached hydrogen (secondary N) is 1. The fourth-order valence-corrected chi connectivity index (χ4v) is 2.74. The minimum Gasteiger partial charge on any atom is -0.337 e. The maximum atomic E-state index is 12.1. The van der Waals surface area contributed by atoms with Gasteiger partial charge in [-0.1, -0.05) is 18.2 Å². The summed E-state index contributed by atoms with van der Waals surface area (Å²) in [7, 11) is 1.91. The van der Waals surface area contributed by atoms with Crippen molar-refractivity contribution in [2.24, 2.45) is 0 Å². The van der Waals surface area contributed by atoms with Gasteiger partial charge in [-0.2, -0.15) is 0 Å². The Kier molecular flexibility index (Phi) is 1.83. The minimum absolute atomic E-state index is 0.163. The Hall–Kier alpha value is -1.35. The predicted octanol–water partition coefficient (Wildman–Crippen LogP) is 0.828. The molecule has 15 heavy (non-hydrogen) atoms. The first-order chi connectivity index (χ1) is 7.29. The Labute approximate surface area is 89.1 Å². The van der Waals surface area contributed by atoms with Gasteiger partial charge in [-0.15, -0.1) is 0 Å². The lowest BCUT2D eigenvalue weighted by atomic mass is 9.85. The molecule has 0 aliphatic carbocycles. The van der Waals surface area contributed by atoms with E-state index < -0.39 is 0 Å². The van der Waals surface area contributed by atoms with Gasteiger partial charge in [0.1, 0.15) is 0 Å². The van der Waals surface area contributed by atoms with Gasteiger partial charge in [0.25, 0.3) is 5.91 Å². The zero-order valence-corrected chi connectivity index (χ0v) is 8.73. The molecule has 1 aromatic rings. The smallest absolute Gasteiger partial charge is 0.254 e. The molecule has 1 aromatic carbocycles. The van der Waals surface area contributed by atoms with E-state index in [1.165, 1.54) is 5.56 Å². The van der Waals surface area contributed by atoms with E-state index in [0.717, 1.165) is 18.7 Å². The van der Waals surface area contributed by atoms with Crippen LogP contribution in [-0.4, -0.2) is 37.0 Å². The van der Waals surface area contributed by atoms with Crippen molar-refractivity contribution >= 4 is 5.91 Å². The van der Waals surface area contributed by atoms with Crippen molar-refractivity contribution in [3.63, 3.8) is 0 Å². The van der Waals surface area contributed by atoms with Gasteiger partial charge < -0.3 is 10.2 Å². The summed E-state index contributed by atoms with van der Waals surface area (Å²) in [6.07, 6.45) is 0. The average Bonchev–Trinajstić information content (AvgIpc) is 2.75. The zero-order chi connectivity index (χ0) is 10.4. The Balaban J connectivity index is 2.16. The molecule has 0 unspecified atom stereocenters. The number of fused-ring (bicyclic) bond motifs is 3. The van der Waals surface area contributed by atoms with Crippen molar-refractivity contribution in [1.82, 2.24) is 10.2 Å². The van der Waals surface area contributed by atoms with Gasteiger partial charge in [0.05, 0.1) is 6.04 Å². The predicted molar refractivity (Wildman–Crippen MR) is 57.9 cm³/mol. The SMILES string of the molecule is CN1C(=O)c2ccccc2[C@H]2CNC[C@@H]21. The maximum Gasteiger partial charge on any atom is 0.254 e. The van der Waals surface area contributed by atoms with Gasteiger partial charge in [-0.25, -0.2) is 0 Å². The molecule has 1 saturated heterocycles. The molecule has 0 saturated carbocycles. The van der Waals surface area contributed by atoms with E-state index in [1.807, 2.05) is 30.1 Å². The van der Waals surface area contributed by atoms with Crippen molar-refractivity contribution in [3.8, 4) is 0 Å². The number of nitrogens with zero attached hydrogens (tertiary/aromatic N) is 1. The molecule has 3 heteroatoms. The Morgan fingerprint density at radius 3 is 3.00 bits per heavy atom. The number of benzene rings is 1. The van der Waals surface area contributed by atoms with E-state index in [1.54, 1.807) is 0 Å². The normalized spacial score (nSPS) is 28.9. The van der Waals surface area contributed by atoms with Crippen molar-refractivity contribution < 1.29 is 4.79 Å².